The predicted octanol–water partition coefficient (Wildman–Crippen LogP) is 2.32. The molecule has 132 valence electrons. The summed E-state index contributed by atoms with van der Waals surface area (Å²) in [6.45, 7) is 6.11. The van der Waals surface area contributed by atoms with Crippen molar-refractivity contribution in [3.05, 3.63) is 39.9 Å². The Balaban J connectivity index is 1.92. The number of nitrogens with zero attached hydrogens (tertiary/aromatic N) is 6. The fraction of sp³-hybridized carbons (Fsp3) is 0.400. The number of anilines is 3. The normalized spacial score (nSPS) is 15.2. The van der Waals surface area contributed by atoms with E-state index < -0.39 is 4.92 Å². The maximum atomic E-state index is 11.7. The number of nitrogens with one attached hydrogen (secondary N) is 1. The fourth-order valence-electron chi connectivity index (χ4n) is 2.74. The highest BCUT2D eigenvalue weighted by atomic mass is 35.5. The van der Waals surface area contributed by atoms with Gasteiger partial charge >= 0.3 is 5.69 Å². The van der Waals surface area contributed by atoms with Crippen molar-refractivity contribution in [2.75, 3.05) is 42.9 Å². The largest absolute Gasteiger partial charge is 0.353 e. The standard InChI is InChI=1S/C15H18ClN7O2/c1-2-21-6-8-22(9-7-21)15-12(23(24)25)14(18-10-19-15)20-11-4-3-5-17-13(11)16/h3-5,10H,2,6-9H2,1H3,(H,18,19,20). The van der Waals surface area contributed by atoms with Gasteiger partial charge in [0.05, 0.1) is 10.6 Å². The summed E-state index contributed by atoms with van der Waals surface area (Å²) in [6.07, 6.45) is 2.86. The van der Waals surface area contributed by atoms with Crippen molar-refractivity contribution in [2.45, 2.75) is 6.92 Å². The van der Waals surface area contributed by atoms with E-state index in [4.69, 9.17) is 11.6 Å². The zero-order valence-corrected chi connectivity index (χ0v) is 14.5. The Labute approximate surface area is 149 Å². The molecule has 2 aromatic rings. The third-order valence-corrected chi connectivity index (χ3v) is 4.42. The van der Waals surface area contributed by atoms with Crippen LogP contribution >= 0.6 is 11.6 Å². The maximum Gasteiger partial charge on any atom is 0.353 e. The van der Waals surface area contributed by atoms with E-state index in [-0.39, 0.29) is 16.7 Å². The average Bonchev–Trinajstić information content (AvgIpc) is 2.63. The molecule has 3 rings (SSSR count). The van der Waals surface area contributed by atoms with E-state index in [1.54, 1.807) is 18.3 Å². The third kappa shape index (κ3) is 3.77. The number of rotatable bonds is 5. The summed E-state index contributed by atoms with van der Waals surface area (Å²) in [6, 6.07) is 3.37. The lowest BCUT2D eigenvalue weighted by Crippen LogP contribution is -2.46. The van der Waals surface area contributed by atoms with Gasteiger partial charge in [0.1, 0.15) is 6.33 Å². The summed E-state index contributed by atoms with van der Waals surface area (Å²) in [5.41, 5.74) is 0.292. The smallest absolute Gasteiger partial charge is 0.348 e. The maximum absolute atomic E-state index is 11.7. The van der Waals surface area contributed by atoms with Crippen LogP contribution in [-0.4, -0.2) is 57.5 Å². The first-order valence-electron chi connectivity index (χ1n) is 7.94. The van der Waals surface area contributed by atoms with E-state index in [1.807, 2.05) is 4.90 Å². The van der Waals surface area contributed by atoms with E-state index in [0.717, 1.165) is 19.6 Å². The Morgan fingerprint density at radius 3 is 2.68 bits per heavy atom. The molecule has 0 aliphatic carbocycles. The number of likely N-dealkylation sites (N-methyl/N-ethyl adjacent to an activating group) is 1. The van der Waals surface area contributed by atoms with Gasteiger partial charge in [0.15, 0.2) is 5.15 Å². The van der Waals surface area contributed by atoms with Crippen LogP contribution in [0.3, 0.4) is 0 Å². The molecule has 2 aromatic heterocycles. The monoisotopic (exact) mass is 363 g/mol. The van der Waals surface area contributed by atoms with E-state index in [9.17, 15) is 10.1 Å². The van der Waals surface area contributed by atoms with Gasteiger partial charge in [-0.1, -0.05) is 18.5 Å². The minimum atomic E-state index is -0.464. The van der Waals surface area contributed by atoms with E-state index >= 15 is 0 Å². The van der Waals surface area contributed by atoms with Gasteiger partial charge in [-0.05, 0) is 18.7 Å². The lowest BCUT2D eigenvalue weighted by Gasteiger charge is -2.34. The van der Waals surface area contributed by atoms with Crippen molar-refractivity contribution in [1.82, 2.24) is 19.9 Å². The molecule has 0 atom stereocenters. The molecule has 1 saturated heterocycles. The van der Waals surface area contributed by atoms with Crippen molar-refractivity contribution in [3.63, 3.8) is 0 Å². The molecule has 0 unspecified atom stereocenters. The molecule has 9 nitrogen and oxygen atoms in total. The highest BCUT2D eigenvalue weighted by molar-refractivity contribution is 6.32. The lowest BCUT2D eigenvalue weighted by molar-refractivity contribution is -0.383. The van der Waals surface area contributed by atoms with Crippen molar-refractivity contribution in [1.29, 1.82) is 0 Å². The van der Waals surface area contributed by atoms with Crippen molar-refractivity contribution in [3.8, 4) is 0 Å². The molecule has 0 aromatic carbocycles. The molecule has 1 aliphatic rings. The van der Waals surface area contributed by atoms with Gasteiger partial charge in [0.25, 0.3) is 0 Å². The molecule has 1 N–H and O–H groups in total. The summed E-state index contributed by atoms with van der Waals surface area (Å²) in [7, 11) is 0. The Morgan fingerprint density at radius 2 is 2.04 bits per heavy atom. The summed E-state index contributed by atoms with van der Waals surface area (Å²) in [5.74, 6) is 0.418. The highest BCUT2D eigenvalue weighted by Gasteiger charge is 2.29. The van der Waals surface area contributed by atoms with E-state index in [0.29, 0.717) is 24.6 Å². The van der Waals surface area contributed by atoms with E-state index in [1.165, 1.54) is 6.33 Å². The summed E-state index contributed by atoms with van der Waals surface area (Å²) < 4.78 is 0. The van der Waals surface area contributed by atoms with Gasteiger partial charge in [-0.2, -0.15) is 0 Å². The van der Waals surface area contributed by atoms with Crippen LogP contribution < -0.4 is 10.2 Å². The van der Waals surface area contributed by atoms with Crippen LogP contribution in [0.4, 0.5) is 23.0 Å². The number of hydrogen-bond donors (Lipinski definition) is 1. The van der Waals surface area contributed by atoms with Crippen LogP contribution in [0.2, 0.25) is 5.15 Å². The van der Waals surface area contributed by atoms with Crippen molar-refractivity contribution in [2.24, 2.45) is 0 Å². The van der Waals surface area contributed by atoms with Crippen LogP contribution in [0.5, 0.6) is 0 Å². The molecule has 0 spiro atoms. The van der Waals surface area contributed by atoms with Gasteiger partial charge < -0.3 is 15.1 Å². The van der Waals surface area contributed by atoms with Gasteiger partial charge in [-0.25, -0.2) is 15.0 Å². The van der Waals surface area contributed by atoms with Gasteiger partial charge in [-0.3, -0.25) is 10.1 Å². The molecule has 3 heterocycles. The second-order valence-electron chi connectivity index (χ2n) is 5.54. The zero-order valence-electron chi connectivity index (χ0n) is 13.7. The molecule has 0 radical (unpaired) electrons. The van der Waals surface area contributed by atoms with Crippen LogP contribution in [-0.2, 0) is 0 Å². The first-order chi connectivity index (χ1) is 12.1. The first-order valence-corrected chi connectivity index (χ1v) is 8.32. The van der Waals surface area contributed by atoms with E-state index in [2.05, 4.69) is 32.1 Å². The number of piperazine rings is 1. The quantitative estimate of drug-likeness (QED) is 0.490. The average molecular weight is 364 g/mol. The molecule has 25 heavy (non-hydrogen) atoms. The number of pyridine rings is 1. The Kier molecular flexibility index (Phi) is 5.25. The predicted molar refractivity (Wildman–Crippen MR) is 95.5 cm³/mol. The van der Waals surface area contributed by atoms with Crippen molar-refractivity contribution >= 4 is 34.6 Å². The minimum Gasteiger partial charge on any atom is -0.348 e. The second kappa shape index (κ2) is 7.58. The zero-order chi connectivity index (χ0) is 17.8. The van der Waals surface area contributed by atoms with Crippen LogP contribution in [0, 0.1) is 10.1 Å². The van der Waals surface area contributed by atoms with Gasteiger partial charge in [-0.15, -0.1) is 0 Å². The molecule has 0 saturated carbocycles. The summed E-state index contributed by atoms with van der Waals surface area (Å²) in [4.78, 5) is 27.6. The first kappa shape index (κ1) is 17.3. The van der Waals surface area contributed by atoms with Crippen LogP contribution in [0.25, 0.3) is 0 Å². The van der Waals surface area contributed by atoms with Crippen LogP contribution in [0.1, 0.15) is 6.92 Å². The molecular formula is C15H18ClN7O2. The summed E-state index contributed by atoms with van der Waals surface area (Å²) >= 11 is 6.02. The number of halogens is 1. The molecule has 0 bridgehead atoms. The molecule has 10 heteroatoms. The molecule has 0 amide bonds. The number of hydrogen-bond acceptors (Lipinski definition) is 8. The van der Waals surface area contributed by atoms with Gasteiger partial charge in [0, 0.05) is 32.4 Å². The Hall–Kier alpha value is -2.52. The SMILES string of the molecule is CCN1CCN(c2ncnc(Nc3cccnc3Cl)c2[N+](=O)[O-])CC1. The van der Waals surface area contributed by atoms with Crippen LogP contribution in [0.15, 0.2) is 24.7 Å². The summed E-state index contributed by atoms with van der Waals surface area (Å²) in [5, 5.41) is 14.8. The number of nitro groups is 1. The van der Waals surface area contributed by atoms with Crippen molar-refractivity contribution < 1.29 is 4.92 Å². The van der Waals surface area contributed by atoms with Gasteiger partial charge in [0.2, 0.25) is 11.6 Å². The lowest BCUT2D eigenvalue weighted by atomic mass is 10.3. The Morgan fingerprint density at radius 1 is 1.28 bits per heavy atom. The topological polar surface area (TPSA) is 100 Å². The highest BCUT2D eigenvalue weighted by Crippen LogP contribution is 2.34. The third-order valence-electron chi connectivity index (χ3n) is 4.12. The Bertz CT molecular complexity index is 765. The number of aromatic nitrogens is 3. The molecule has 1 aliphatic heterocycles. The minimum absolute atomic E-state index is 0.0998. The molecular weight excluding hydrogens is 346 g/mol. The fourth-order valence-corrected chi connectivity index (χ4v) is 2.91. The molecule has 1 fully saturated rings. The second-order valence-corrected chi connectivity index (χ2v) is 5.90.